The van der Waals surface area contributed by atoms with Gasteiger partial charge in [0.25, 0.3) is 5.91 Å². The van der Waals surface area contributed by atoms with Crippen molar-refractivity contribution in [1.82, 2.24) is 5.32 Å². The van der Waals surface area contributed by atoms with Crippen molar-refractivity contribution in [3.05, 3.63) is 72.3 Å². The molecule has 2 atom stereocenters. The van der Waals surface area contributed by atoms with Crippen molar-refractivity contribution in [3.63, 3.8) is 0 Å². The van der Waals surface area contributed by atoms with E-state index in [1.54, 1.807) is 7.11 Å². The average Bonchev–Trinajstić information content (AvgIpc) is 2.71. The van der Waals surface area contributed by atoms with Gasteiger partial charge >= 0.3 is 0 Å². The molecule has 0 heterocycles. The molecule has 2 unspecified atom stereocenters. The number of methoxy groups -OCH3 is 1. The molecule has 0 radical (unpaired) electrons. The highest BCUT2D eigenvalue weighted by molar-refractivity contribution is 5.84. The summed E-state index contributed by atoms with van der Waals surface area (Å²) >= 11 is 0. The second-order valence-corrected chi connectivity index (χ2v) is 6.50. The van der Waals surface area contributed by atoms with Crippen molar-refractivity contribution in [2.75, 3.05) is 7.11 Å². The SMILES string of the molecule is CCC(Oc1ccc2ccccc2c1)C(=O)NC(C)c1ccccc1OC. The Bertz CT molecular complexity index is 922. The van der Waals surface area contributed by atoms with Crippen molar-refractivity contribution >= 4 is 16.7 Å². The lowest BCUT2D eigenvalue weighted by atomic mass is 10.1. The maximum atomic E-state index is 12.7. The Hall–Kier alpha value is -3.01. The summed E-state index contributed by atoms with van der Waals surface area (Å²) in [6.07, 6.45) is 0.0282. The van der Waals surface area contributed by atoms with E-state index >= 15 is 0 Å². The Labute approximate surface area is 160 Å². The minimum absolute atomic E-state index is 0.135. The van der Waals surface area contributed by atoms with Gasteiger partial charge in [-0.05, 0) is 42.3 Å². The number of amides is 1. The van der Waals surface area contributed by atoms with Crippen molar-refractivity contribution in [2.24, 2.45) is 0 Å². The Kier molecular flexibility index (Phi) is 5.97. The molecule has 0 aliphatic heterocycles. The third-order valence-electron chi connectivity index (χ3n) is 4.63. The summed E-state index contributed by atoms with van der Waals surface area (Å²) in [6, 6.07) is 21.5. The van der Waals surface area contributed by atoms with Crippen LogP contribution in [0.15, 0.2) is 66.7 Å². The van der Waals surface area contributed by atoms with E-state index in [0.29, 0.717) is 12.2 Å². The summed E-state index contributed by atoms with van der Waals surface area (Å²) in [5, 5.41) is 5.27. The summed E-state index contributed by atoms with van der Waals surface area (Å²) in [6.45, 7) is 3.89. The van der Waals surface area contributed by atoms with E-state index in [9.17, 15) is 4.79 Å². The number of nitrogens with one attached hydrogen (secondary N) is 1. The Morgan fingerprint density at radius 3 is 2.44 bits per heavy atom. The summed E-state index contributed by atoms with van der Waals surface area (Å²) in [5.41, 5.74) is 0.939. The maximum Gasteiger partial charge on any atom is 0.261 e. The molecule has 140 valence electrons. The number of carbonyl (C=O) groups excluding carboxylic acids is 1. The number of para-hydroxylation sites is 1. The number of fused-ring (bicyclic) bond motifs is 1. The lowest BCUT2D eigenvalue weighted by Gasteiger charge is -2.22. The molecular formula is C23H25NO3. The zero-order valence-electron chi connectivity index (χ0n) is 15.9. The molecule has 0 bridgehead atoms. The number of benzene rings is 3. The molecule has 0 spiro atoms. The molecule has 1 amide bonds. The predicted molar refractivity (Wildman–Crippen MR) is 108 cm³/mol. The van der Waals surface area contributed by atoms with Gasteiger partial charge in [-0.3, -0.25) is 4.79 Å². The quantitative estimate of drug-likeness (QED) is 0.650. The average molecular weight is 363 g/mol. The molecule has 0 saturated carbocycles. The van der Waals surface area contributed by atoms with E-state index < -0.39 is 6.10 Å². The highest BCUT2D eigenvalue weighted by Gasteiger charge is 2.22. The zero-order chi connectivity index (χ0) is 19.2. The van der Waals surface area contributed by atoms with Crippen LogP contribution in [0, 0.1) is 0 Å². The number of hydrogen-bond acceptors (Lipinski definition) is 3. The van der Waals surface area contributed by atoms with E-state index in [0.717, 1.165) is 22.1 Å². The van der Waals surface area contributed by atoms with Crippen LogP contribution in [0.2, 0.25) is 0 Å². The van der Waals surface area contributed by atoms with Crippen LogP contribution in [0.3, 0.4) is 0 Å². The standard InChI is InChI=1S/C23H25NO3/c1-4-21(27-19-14-13-17-9-5-6-10-18(17)15-19)23(25)24-16(2)20-11-7-8-12-22(20)26-3/h5-16,21H,4H2,1-3H3,(H,24,25). The van der Waals surface area contributed by atoms with Crippen LogP contribution in [-0.4, -0.2) is 19.1 Å². The highest BCUT2D eigenvalue weighted by Crippen LogP contribution is 2.25. The van der Waals surface area contributed by atoms with Gasteiger partial charge in [0, 0.05) is 5.56 Å². The fourth-order valence-electron chi connectivity index (χ4n) is 3.14. The zero-order valence-corrected chi connectivity index (χ0v) is 15.9. The first-order valence-electron chi connectivity index (χ1n) is 9.21. The third kappa shape index (κ3) is 4.40. The largest absolute Gasteiger partial charge is 0.496 e. The van der Waals surface area contributed by atoms with Crippen molar-refractivity contribution in [3.8, 4) is 11.5 Å². The van der Waals surface area contributed by atoms with Crippen LogP contribution in [-0.2, 0) is 4.79 Å². The number of ether oxygens (including phenoxy) is 2. The van der Waals surface area contributed by atoms with Crippen LogP contribution in [0.5, 0.6) is 11.5 Å². The molecule has 4 heteroatoms. The topological polar surface area (TPSA) is 47.6 Å². The van der Waals surface area contributed by atoms with Crippen LogP contribution >= 0.6 is 0 Å². The molecule has 3 aromatic carbocycles. The van der Waals surface area contributed by atoms with Gasteiger partial charge in [-0.15, -0.1) is 0 Å². The van der Waals surface area contributed by atoms with Crippen LogP contribution in [0.25, 0.3) is 10.8 Å². The van der Waals surface area contributed by atoms with E-state index in [1.165, 1.54) is 0 Å². The van der Waals surface area contributed by atoms with Gasteiger partial charge in [0.15, 0.2) is 6.10 Å². The van der Waals surface area contributed by atoms with Gasteiger partial charge in [-0.1, -0.05) is 55.5 Å². The van der Waals surface area contributed by atoms with E-state index in [4.69, 9.17) is 9.47 Å². The van der Waals surface area contributed by atoms with Crippen molar-refractivity contribution < 1.29 is 14.3 Å². The van der Waals surface area contributed by atoms with Crippen molar-refractivity contribution in [1.29, 1.82) is 0 Å². The minimum atomic E-state index is -0.552. The van der Waals surface area contributed by atoms with Crippen molar-refractivity contribution in [2.45, 2.75) is 32.4 Å². The Balaban J connectivity index is 1.71. The lowest BCUT2D eigenvalue weighted by Crippen LogP contribution is -2.39. The van der Waals surface area contributed by atoms with E-state index in [1.807, 2.05) is 74.5 Å². The van der Waals surface area contributed by atoms with Gasteiger partial charge in [0.05, 0.1) is 13.2 Å². The molecule has 0 aliphatic carbocycles. The second kappa shape index (κ2) is 8.58. The summed E-state index contributed by atoms with van der Waals surface area (Å²) in [5.74, 6) is 1.32. The molecular weight excluding hydrogens is 338 g/mol. The van der Waals surface area contributed by atoms with E-state index in [-0.39, 0.29) is 11.9 Å². The summed E-state index contributed by atoms with van der Waals surface area (Å²) in [4.78, 5) is 12.7. The van der Waals surface area contributed by atoms with Crippen LogP contribution in [0.4, 0.5) is 0 Å². The van der Waals surface area contributed by atoms with Gasteiger partial charge in [-0.2, -0.15) is 0 Å². The lowest BCUT2D eigenvalue weighted by molar-refractivity contribution is -0.128. The molecule has 0 aromatic heterocycles. The molecule has 4 nitrogen and oxygen atoms in total. The molecule has 1 N–H and O–H groups in total. The molecule has 3 rings (SSSR count). The molecule has 0 aliphatic rings. The fourth-order valence-corrected chi connectivity index (χ4v) is 3.14. The first-order valence-corrected chi connectivity index (χ1v) is 9.21. The highest BCUT2D eigenvalue weighted by atomic mass is 16.5. The number of carbonyl (C=O) groups is 1. The van der Waals surface area contributed by atoms with Gasteiger partial charge in [0.2, 0.25) is 0 Å². The monoisotopic (exact) mass is 363 g/mol. The Morgan fingerprint density at radius 1 is 1.00 bits per heavy atom. The third-order valence-corrected chi connectivity index (χ3v) is 4.63. The first kappa shape index (κ1) is 18.8. The molecule has 0 saturated heterocycles. The molecule has 0 fully saturated rings. The number of hydrogen-bond donors (Lipinski definition) is 1. The van der Waals surface area contributed by atoms with Gasteiger partial charge < -0.3 is 14.8 Å². The smallest absolute Gasteiger partial charge is 0.261 e. The first-order chi connectivity index (χ1) is 13.1. The Morgan fingerprint density at radius 2 is 1.70 bits per heavy atom. The minimum Gasteiger partial charge on any atom is -0.496 e. The van der Waals surface area contributed by atoms with Gasteiger partial charge in [-0.25, -0.2) is 0 Å². The maximum absolute atomic E-state index is 12.7. The summed E-state index contributed by atoms with van der Waals surface area (Å²) < 4.78 is 11.4. The molecule has 27 heavy (non-hydrogen) atoms. The summed E-state index contributed by atoms with van der Waals surface area (Å²) in [7, 11) is 1.63. The predicted octanol–water partition coefficient (Wildman–Crippen LogP) is 4.88. The van der Waals surface area contributed by atoms with Crippen LogP contribution in [0.1, 0.15) is 31.9 Å². The normalized spacial score (nSPS) is 13.0. The number of rotatable bonds is 7. The van der Waals surface area contributed by atoms with E-state index in [2.05, 4.69) is 11.4 Å². The van der Waals surface area contributed by atoms with Gasteiger partial charge in [0.1, 0.15) is 11.5 Å². The fraction of sp³-hybridized carbons (Fsp3) is 0.261. The van der Waals surface area contributed by atoms with Crippen LogP contribution < -0.4 is 14.8 Å². The molecule has 3 aromatic rings. The second-order valence-electron chi connectivity index (χ2n) is 6.50.